The highest BCUT2D eigenvalue weighted by Gasteiger charge is 2.30. The number of aromatic hydroxyl groups is 1. The molecule has 0 saturated heterocycles. The number of rotatable bonds is 2. The van der Waals surface area contributed by atoms with Gasteiger partial charge in [-0.1, -0.05) is 12.1 Å². The molecular weight excluding hydrogens is 419 g/mol. The van der Waals surface area contributed by atoms with Crippen LogP contribution in [0, 0.1) is 0 Å². The van der Waals surface area contributed by atoms with Crippen LogP contribution in [-0.2, 0) is 6.18 Å². The van der Waals surface area contributed by atoms with Crippen LogP contribution < -0.4 is 5.56 Å². The van der Waals surface area contributed by atoms with E-state index in [4.69, 9.17) is 0 Å². The highest BCUT2D eigenvalue weighted by molar-refractivity contribution is 6.05. The lowest BCUT2D eigenvalue weighted by atomic mass is 10.0. The van der Waals surface area contributed by atoms with Gasteiger partial charge in [0.2, 0.25) is 5.88 Å². The summed E-state index contributed by atoms with van der Waals surface area (Å²) in [7, 11) is 0. The number of halogens is 3. The smallest absolute Gasteiger partial charge is 0.416 e. The number of hydrogen-bond acceptors (Lipinski definition) is 4. The summed E-state index contributed by atoms with van der Waals surface area (Å²) in [4.78, 5) is 21.2. The summed E-state index contributed by atoms with van der Waals surface area (Å²) in [6.45, 7) is 0. The highest BCUT2D eigenvalue weighted by Crippen LogP contribution is 2.32. The number of pyridine rings is 3. The van der Waals surface area contributed by atoms with E-state index in [2.05, 4.69) is 9.97 Å². The van der Waals surface area contributed by atoms with Crippen molar-refractivity contribution in [3.63, 3.8) is 0 Å². The van der Waals surface area contributed by atoms with E-state index >= 15 is 0 Å². The summed E-state index contributed by atoms with van der Waals surface area (Å²) in [5.74, 6) is -0.111. The third-order valence-electron chi connectivity index (χ3n) is 5.23. The Morgan fingerprint density at radius 3 is 2.41 bits per heavy atom. The van der Waals surface area contributed by atoms with E-state index in [1.807, 2.05) is 12.1 Å². The maximum Gasteiger partial charge on any atom is 0.416 e. The monoisotopic (exact) mass is 433 g/mol. The van der Waals surface area contributed by atoms with E-state index in [1.165, 1.54) is 35.0 Å². The normalized spacial score (nSPS) is 11.8. The molecule has 3 heterocycles. The first-order valence-electron chi connectivity index (χ1n) is 9.59. The molecule has 0 spiro atoms. The largest absolute Gasteiger partial charge is 0.493 e. The number of hydrogen-bond donors (Lipinski definition) is 1. The summed E-state index contributed by atoms with van der Waals surface area (Å²) < 4.78 is 41.2. The SMILES string of the molecule is O=c1ccc2cnc3ccc(-c4ccc(O)nc4)cc3c2n1-c1cccc(C(F)(F)F)c1. The quantitative estimate of drug-likeness (QED) is 0.383. The van der Waals surface area contributed by atoms with Crippen LogP contribution in [0.2, 0.25) is 0 Å². The van der Waals surface area contributed by atoms with Gasteiger partial charge in [-0.15, -0.1) is 0 Å². The number of aromatic nitrogens is 3. The average Bonchev–Trinajstić information content (AvgIpc) is 2.78. The second-order valence-corrected chi connectivity index (χ2v) is 7.25. The molecule has 2 aromatic carbocycles. The van der Waals surface area contributed by atoms with Crippen molar-refractivity contribution in [1.82, 2.24) is 14.5 Å². The Balaban J connectivity index is 1.84. The highest BCUT2D eigenvalue weighted by atomic mass is 19.4. The summed E-state index contributed by atoms with van der Waals surface area (Å²) >= 11 is 0. The first kappa shape index (κ1) is 19.7. The van der Waals surface area contributed by atoms with E-state index in [0.717, 1.165) is 23.3 Å². The Bertz CT molecular complexity index is 1540. The fourth-order valence-corrected chi connectivity index (χ4v) is 3.73. The van der Waals surface area contributed by atoms with Crippen molar-refractivity contribution in [2.24, 2.45) is 0 Å². The van der Waals surface area contributed by atoms with Crippen molar-refractivity contribution in [2.45, 2.75) is 6.18 Å². The number of benzene rings is 2. The van der Waals surface area contributed by atoms with Crippen molar-refractivity contribution < 1.29 is 18.3 Å². The van der Waals surface area contributed by atoms with E-state index in [0.29, 0.717) is 21.8 Å². The molecule has 0 radical (unpaired) electrons. The molecule has 0 amide bonds. The first-order chi connectivity index (χ1) is 15.3. The fraction of sp³-hybridized carbons (Fsp3) is 0.0417. The van der Waals surface area contributed by atoms with Gasteiger partial charge in [-0.05, 0) is 48.0 Å². The van der Waals surface area contributed by atoms with Crippen molar-refractivity contribution in [1.29, 1.82) is 0 Å². The van der Waals surface area contributed by atoms with E-state index < -0.39 is 17.3 Å². The standard InChI is InChI=1S/C24H14F3N3O2/c25-24(26,27)17-2-1-3-18(11-17)30-22(32)9-6-16-13-28-20-7-4-14(10-19(20)23(16)30)15-5-8-21(31)29-12-15/h1-13H,(H,29,31). The van der Waals surface area contributed by atoms with E-state index in [9.17, 15) is 23.1 Å². The van der Waals surface area contributed by atoms with Gasteiger partial charge in [-0.2, -0.15) is 13.2 Å². The maximum atomic E-state index is 13.3. The van der Waals surface area contributed by atoms with Crippen LogP contribution in [0.15, 0.2) is 83.9 Å². The predicted octanol–water partition coefficient (Wildman–Crippen LogP) is 5.33. The van der Waals surface area contributed by atoms with Crippen molar-refractivity contribution in [3.8, 4) is 22.7 Å². The van der Waals surface area contributed by atoms with Crippen LogP contribution in [0.25, 0.3) is 38.6 Å². The summed E-state index contributed by atoms with van der Waals surface area (Å²) in [5.41, 5.74) is 1.33. The van der Waals surface area contributed by atoms with Gasteiger partial charge >= 0.3 is 6.18 Å². The topological polar surface area (TPSA) is 68.0 Å². The molecule has 0 saturated carbocycles. The van der Waals surface area contributed by atoms with Crippen LogP contribution in [0.1, 0.15) is 5.56 Å². The minimum absolute atomic E-state index is 0.111. The lowest BCUT2D eigenvalue weighted by molar-refractivity contribution is -0.137. The van der Waals surface area contributed by atoms with E-state index in [1.54, 1.807) is 24.4 Å². The maximum absolute atomic E-state index is 13.3. The zero-order valence-electron chi connectivity index (χ0n) is 16.3. The van der Waals surface area contributed by atoms with Crippen molar-refractivity contribution >= 4 is 21.8 Å². The molecular formula is C24H14F3N3O2. The first-order valence-corrected chi connectivity index (χ1v) is 9.59. The minimum Gasteiger partial charge on any atom is -0.493 e. The summed E-state index contributed by atoms with van der Waals surface area (Å²) in [6, 6.07) is 16.1. The molecule has 158 valence electrons. The van der Waals surface area contributed by atoms with Gasteiger partial charge in [-0.3, -0.25) is 14.3 Å². The lowest BCUT2D eigenvalue weighted by Gasteiger charge is -2.15. The molecule has 1 N–H and O–H groups in total. The van der Waals surface area contributed by atoms with Crippen LogP contribution in [0.5, 0.6) is 5.88 Å². The Kier molecular flexibility index (Phi) is 4.44. The Hall–Kier alpha value is -4.20. The Labute approximate surface area is 179 Å². The number of nitrogens with zero attached hydrogens (tertiary/aromatic N) is 3. The summed E-state index contributed by atoms with van der Waals surface area (Å²) in [6.07, 6.45) is -1.44. The zero-order valence-corrected chi connectivity index (χ0v) is 16.3. The molecule has 8 heteroatoms. The third-order valence-corrected chi connectivity index (χ3v) is 5.23. The van der Waals surface area contributed by atoms with Crippen LogP contribution in [-0.4, -0.2) is 19.6 Å². The Morgan fingerprint density at radius 2 is 1.66 bits per heavy atom. The second kappa shape index (κ2) is 7.19. The van der Waals surface area contributed by atoms with Crippen LogP contribution >= 0.6 is 0 Å². The molecule has 5 aromatic rings. The lowest BCUT2D eigenvalue weighted by Crippen LogP contribution is -2.18. The second-order valence-electron chi connectivity index (χ2n) is 7.25. The van der Waals surface area contributed by atoms with Gasteiger partial charge in [0.15, 0.2) is 0 Å². The molecule has 0 aliphatic heterocycles. The molecule has 0 aliphatic carbocycles. The Morgan fingerprint density at radius 1 is 0.844 bits per heavy atom. The molecule has 32 heavy (non-hydrogen) atoms. The number of fused-ring (bicyclic) bond motifs is 3. The van der Waals surface area contributed by atoms with Gasteiger partial charge in [-0.25, -0.2) is 4.98 Å². The fourth-order valence-electron chi connectivity index (χ4n) is 3.73. The molecule has 0 bridgehead atoms. The number of alkyl halides is 3. The summed E-state index contributed by atoms with van der Waals surface area (Å²) in [5, 5.41) is 10.7. The van der Waals surface area contributed by atoms with Gasteiger partial charge in [0, 0.05) is 46.5 Å². The molecule has 5 rings (SSSR count). The van der Waals surface area contributed by atoms with E-state index in [-0.39, 0.29) is 11.6 Å². The average molecular weight is 433 g/mol. The van der Waals surface area contributed by atoms with Gasteiger partial charge < -0.3 is 5.11 Å². The zero-order chi connectivity index (χ0) is 22.5. The van der Waals surface area contributed by atoms with Crippen LogP contribution in [0.3, 0.4) is 0 Å². The molecule has 0 fully saturated rings. The molecule has 3 aromatic heterocycles. The van der Waals surface area contributed by atoms with Gasteiger partial charge in [0.05, 0.1) is 16.6 Å². The van der Waals surface area contributed by atoms with Crippen molar-refractivity contribution in [2.75, 3.05) is 0 Å². The molecule has 0 atom stereocenters. The third kappa shape index (κ3) is 3.35. The molecule has 0 aliphatic rings. The van der Waals surface area contributed by atoms with Crippen LogP contribution in [0.4, 0.5) is 13.2 Å². The molecule has 5 nitrogen and oxygen atoms in total. The van der Waals surface area contributed by atoms with Crippen molar-refractivity contribution in [3.05, 3.63) is 95.0 Å². The predicted molar refractivity (Wildman–Crippen MR) is 115 cm³/mol. The molecule has 0 unspecified atom stereocenters. The van der Waals surface area contributed by atoms with Gasteiger partial charge in [0.1, 0.15) is 0 Å². The van der Waals surface area contributed by atoms with Gasteiger partial charge in [0.25, 0.3) is 5.56 Å². The minimum atomic E-state index is -4.53.